The highest BCUT2D eigenvalue weighted by atomic mass is 15.4. The highest BCUT2D eigenvalue weighted by Crippen LogP contribution is 2.09. The molecule has 0 aromatic rings. The van der Waals surface area contributed by atoms with E-state index in [1.54, 1.807) is 0 Å². The van der Waals surface area contributed by atoms with Gasteiger partial charge in [0, 0.05) is 19.3 Å². The van der Waals surface area contributed by atoms with E-state index in [9.17, 15) is 0 Å². The smallest absolute Gasteiger partial charge is 0.0410 e. The lowest BCUT2D eigenvalue weighted by Gasteiger charge is -2.19. The molecule has 0 amide bonds. The summed E-state index contributed by atoms with van der Waals surface area (Å²) in [6.45, 7) is 10.7. The summed E-state index contributed by atoms with van der Waals surface area (Å²) in [4.78, 5) is 0. The van der Waals surface area contributed by atoms with E-state index >= 15 is 0 Å². The van der Waals surface area contributed by atoms with E-state index in [2.05, 4.69) is 39.7 Å². The molecule has 0 fully saturated rings. The Balaban J connectivity index is 3.93. The summed E-state index contributed by atoms with van der Waals surface area (Å²) in [6.07, 6.45) is 1.98. The van der Waals surface area contributed by atoms with Crippen LogP contribution in [-0.4, -0.2) is 24.3 Å². The minimum atomic E-state index is 0.184. The van der Waals surface area contributed by atoms with Gasteiger partial charge >= 0.3 is 0 Å². The Hall–Kier alpha value is -0.530. The normalized spacial score (nSPS) is 13.0. The summed E-state index contributed by atoms with van der Waals surface area (Å²) in [7, 11) is 1.99. The second kappa shape index (κ2) is 3.74. The highest BCUT2D eigenvalue weighted by molar-refractivity contribution is 5.63. The van der Waals surface area contributed by atoms with Crippen LogP contribution in [0.1, 0.15) is 34.6 Å². The Morgan fingerprint density at radius 2 is 1.73 bits per heavy atom. The van der Waals surface area contributed by atoms with E-state index in [0.29, 0.717) is 6.04 Å². The molecule has 0 heterocycles. The molecule has 0 spiro atoms. The maximum absolute atomic E-state index is 4.30. The second-order valence-corrected chi connectivity index (χ2v) is 4.28. The Kier molecular flexibility index (Phi) is 3.56. The van der Waals surface area contributed by atoms with E-state index in [4.69, 9.17) is 0 Å². The van der Waals surface area contributed by atoms with Crippen molar-refractivity contribution < 1.29 is 0 Å². The van der Waals surface area contributed by atoms with Crippen molar-refractivity contribution in [2.24, 2.45) is 10.5 Å². The van der Waals surface area contributed by atoms with Gasteiger partial charge in [-0.05, 0) is 19.3 Å². The molecular formula is C9H20N2. The van der Waals surface area contributed by atoms with Gasteiger partial charge in [-0.15, -0.1) is 0 Å². The predicted octanol–water partition coefficient (Wildman–Crippen LogP) is 2.36. The van der Waals surface area contributed by atoms with Crippen molar-refractivity contribution in [3.8, 4) is 0 Å². The van der Waals surface area contributed by atoms with Crippen LogP contribution < -0.4 is 0 Å². The average molecular weight is 156 g/mol. The van der Waals surface area contributed by atoms with Crippen LogP contribution in [0, 0.1) is 5.41 Å². The molecule has 0 aliphatic carbocycles. The van der Waals surface area contributed by atoms with Crippen LogP contribution in [0.25, 0.3) is 0 Å². The largest absolute Gasteiger partial charge is 0.298 e. The summed E-state index contributed by atoms with van der Waals surface area (Å²) >= 11 is 0. The lowest BCUT2D eigenvalue weighted by molar-refractivity contribution is 0.286. The Labute approximate surface area is 70.3 Å². The molecule has 0 radical (unpaired) electrons. The monoisotopic (exact) mass is 156 g/mol. The zero-order valence-corrected chi connectivity index (χ0v) is 8.55. The molecule has 0 aromatic heterocycles. The van der Waals surface area contributed by atoms with E-state index < -0.39 is 0 Å². The minimum Gasteiger partial charge on any atom is -0.298 e. The maximum atomic E-state index is 4.30. The van der Waals surface area contributed by atoms with Gasteiger partial charge in [0.15, 0.2) is 0 Å². The van der Waals surface area contributed by atoms with Crippen LogP contribution >= 0.6 is 0 Å². The van der Waals surface area contributed by atoms with E-state index in [1.807, 2.05) is 18.3 Å². The van der Waals surface area contributed by atoms with Crippen LogP contribution in [0.15, 0.2) is 5.10 Å². The van der Waals surface area contributed by atoms with Gasteiger partial charge in [0.25, 0.3) is 0 Å². The average Bonchev–Trinajstić information content (AvgIpc) is 1.80. The molecule has 0 aromatic carbocycles. The van der Waals surface area contributed by atoms with Crippen molar-refractivity contribution in [2.75, 3.05) is 7.05 Å². The van der Waals surface area contributed by atoms with Crippen LogP contribution in [0.3, 0.4) is 0 Å². The van der Waals surface area contributed by atoms with Gasteiger partial charge in [0.2, 0.25) is 0 Å². The van der Waals surface area contributed by atoms with Crippen LogP contribution in [0.5, 0.6) is 0 Å². The van der Waals surface area contributed by atoms with Crippen molar-refractivity contribution in [2.45, 2.75) is 40.7 Å². The number of hydrogen-bond donors (Lipinski definition) is 0. The molecule has 0 aliphatic heterocycles. The number of hydrogen-bond acceptors (Lipinski definition) is 2. The summed E-state index contributed by atoms with van der Waals surface area (Å²) in [6, 6.07) is 0.480. The van der Waals surface area contributed by atoms with Crippen LogP contribution in [0.2, 0.25) is 0 Å². The number of nitrogens with zero attached hydrogens (tertiary/aromatic N) is 2. The molecule has 0 saturated carbocycles. The molecule has 2 nitrogen and oxygen atoms in total. The zero-order chi connectivity index (χ0) is 9.07. The third-order valence-electron chi connectivity index (χ3n) is 1.37. The van der Waals surface area contributed by atoms with Crippen molar-refractivity contribution in [3.63, 3.8) is 0 Å². The lowest BCUT2D eigenvalue weighted by Crippen LogP contribution is -2.22. The maximum Gasteiger partial charge on any atom is 0.0410 e. The first-order valence-corrected chi connectivity index (χ1v) is 4.11. The lowest BCUT2D eigenvalue weighted by atomic mass is 9.99. The first-order chi connectivity index (χ1) is 4.83. The summed E-state index contributed by atoms with van der Waals surface area (Å²) < 4.78 is 0. The van der Waals surface area contributed by atoms with Crippen molar-refractivity contribution >= 4 is 6.21 Å². The van der Waals surface area contributed by atoms with Crippen LogP contribution in [-0.2, 0) is 0 Å². The first-order valence-electron chi connectivity index (χ1n) is 4.11. The first kappa shape index (κ1) is 10.5. The summed E-state index contributed by atoms with van der Waals surface area (Å²) in [5.74, 6) is 0. The van der Waals surface area contributed by atoms with E-state index in [-0.39, 0.29) is 5.41 Å². The fourth-order valence-corrected chi connectivity index (χ4v) is 0.398. The molecule has 0 unspecified atom stereocenters. The zero-order valence-electron chi connectivity index (χ0n) is 8.55. The quantitative estimate of drug-likeness (QED) is 0.442. The van der Waals surface area contributed by atoms with Gasteiger partial charge in [-0.1, -0.05) is 20.8 Å². The molecular weight excluding hydrogens is 136 g/mol. The fourth-order valence-electron chi connectivity index (χ4n) is 0.398. The molecule has 2 heteroatoms. The SMILES string of the molecule is CC(C)N(C)N=CC(C)(C)C. The number of hydrazone groups is 1. The van der Waals surface area contributed by atoms with Gasteiger partial charge in [0.05, 0.1) is 0 Å². The van der Waals surface area contributed by atoms with Crippen molar-refractivity contribution in [3.05, 3.63) is 0 Å². The molecule has 0 rings (SSSR count). The second-order valence-electron chi connectivity index (χ2n) is 4.28. The van der Waals surface area contributed by atoms with Crippen molar-refractivity contribution in [1.82, 2.24) is 5.01 Å². The van der Waals surface area contributed by atoms with Crippen LogP contribution in [0.4, 0.5) is 0 Å². The molecule has 0 atom stereocenters. The highest BCUT2D eigenvalue weighted by Gasteiger charge is 2.06. The standard InChI is InChI=1S/C9H20N2/c1-8(2)11(6)10-7-9(3,4)5/h7-8H,1-6H3. The van der Waals surface area contributed by atoms with Gasteiger partial charge in [-0.3, -0.25) is 5.01 Å². The van der Waals surface area contributed by atoms with Gasteiger partial charge in [-0.2, -0.15) is 5.10 Å². The number of rotatable bonds is 2. The third kappa shape index (κ3) is 5.89. The molecule has 0 N–H and O–H groups in total. The fraction of sp³-hybridized carbons (Fsp3) is 0.889. The molecule has 0 saturated heterocycles. The Bertz CT molecular complexity index is 131. The van der Waals surface area contributed by atoms with Gasteiger partial charge in [0.1, 0.15) is 0 Å². The minimum absolute atomic E-state index is 0.184. The third-order valence-corrected chi connectivity index (χ3v) is 1.37. The Morgan fingerprint density at radius 1 is 1.27 bits per heavy atom. The summed E-state index contributed by atoms with van der Waals surface area (Å²) in [5, 5.41) is 6.27. The van der Waals surface area contributed by atoms with Crippen molar-refractivity contribution in [1.29, 1.82) is 0 Å². The van der Waals surface area contributed by atoms with Gasteiger partial charge in [-0.25, -0.2) is 0 Å². The van der Waals surface area contributed by atoms with E-state index in [1.165, 1.54) is 0 Å². The summed E-state index contributed by atoms with van der Waals surface area (Å²) in [5.41, 5.74) is 0.184. The van der Waals surface area contributed by atoms with E-state index in [0.717, 1.165) is 0 Å². The molecule has 66 valence electrons. The molecule has 0 bridgehead atoms. The Morgan fingerprint density at radius 3 is 2.00 bits per heavy atom. The predicted molar refractivity (Wildman–Crippen MR) is 50.8 cm³/mol. The molecule has 0 aliphatic rings. The molecule has 11 heavy (non-hydrogen) atoms. The topological polar surface area (TPSA) is 15.6 Å². The van der Waals surface area contributed by atoms with Gasteiger partial charge < -0.3 is 0 Å².